The minimum Gasteiger partial charge on any atom is -0.315 e. The van der Waals surface area contributed by atoms with Crippen molar-refractivity contribution in [3.05, 3.63) is 34.3 Å². The highest BCUT2D eigenvalue weighted by molar-refractivity contribution is 9.10. The summed E-state index contributed by atoms with van der Waals surface area (Å²) in [6.45, 7) is 6.98. The van der Waals surface area contributed by atoms with Gasteiger partial charge >= 0.3 is 0 Å². The summed E-state index contributed by atoms with van der Waals surface area (Å²) in [5.41, 5.74) is 1.91. The van der Waals surface area contributed by atoms with Crippen LogP contribution in [0.1, 0.15) is 19.4 Å². The van der Waals surface area contributed by atoms with Crippen LogP contribution in [0.3, 0.4) is 0 Å². The zero-order chi connectivity index (χ0) is 10.9. The molecule has 1 heterocycles. The van der Waals surface area contributed by atoms with Crippen molar-refractivity contribution in [2.45, 2.75) is 20.3 Å². The van der Waals surface area contributed by atoms with Gasteiger partial charge in [-0.2, -0.15) is 0 Å². The molecule has 0 unspecified atom stereocenters. The second kappa shape index (κ2) is 4.26. The molecular formula is C13H18BrN. The summed E-state index contributed by atoms with van der Waals surface area (Å²) >= 11 is 3.63. The minimum atomic E-state index is 0.476. The number of benzene rings is 1. The summed E-state index contributed by atoms with van der Waals surface area (Å²) in [7, 11) is 0. The van der Waals surface area contributed by atoms with Crippen molar-refractivity contribution in [1.29, 1.82) is 0 Å². The van der Waals surface area contributed by atoms with Crippen LogP contribution in [-0.4, -0.2) is 13.1 Å². The standard InChI is InChI=1S/C13H18BrN/c1-10(2)13(8-15-9-13)7-11-5-3-4-6-12(11)14/h3-6,10,15H,7-9H2,1-2H3. The Kier molecular flexibility index (Phi) is 3.17. The first-order valence-corrected chi connectivity index (χ1v) is 6.37. The van der Waals surface area contributed by atoms with E-state index in [1.807, 2.05) is 0 Å². The molecule has 0 bridgehead atoms. The summed E-state index contributed by atoms with van der Waals surface area (Å²) < 4.78 is 1.25. The maximum Gasteiger partial charge on any atom is 0.0207 e. The molecule has 0 aromatic heterocycles. The zero-order valence-corrected chi connectivity index (χ0v) is 11.0. The van der Waals surface area contributed by atoms with Crippen LogP contribution in [-0.2, 0) is 6.42 Å². The summed E-state index contributed by atoms with van der Waals surface area (Å²) in [4.78, 5) is 0. The van der Waals surface area contributed by atoms with Gasteiger partial charge in [0, 0.05) is 23.0 Å². The lowest BCUT2D eigenvalue weighted by molar-refractivity contribution is 0.0993. The summed E-state index contributed by atoms with van der Waals surface area (Å²) in [5.74, 6) is 0.742. The molecule has 2 heteroatoms. The van der Waals surface area contributed by atoms with Crippen LogP contribution < -0.4 is 5.32 Å². The molecule has 1 N–H and O–H groups in total. The van der Waals surface area contributed by atoms with Crippen LogP contribution in [0.2, 0.25) is 0 Å². The Hall–Kier alpha value is -0.340. The SMILES string of the molecule is CC(C)C1(Cc2ccccc2Br)CNC1. The Balaban J connectivity index is 2.17. The zero-order valence-electron chi connectivity index (χ0n) is 9.39. The van der Waals surface area contributed by atoms with E-state index >= 15 is 0 Å². The van der Waals surface area contributed by atoms with Crippen molar-refractivity contribution < 1.29 is 0 Å². The number of hydrogen-bond donors (Lipinski definition) is 1. The van der Waals surface area contributed by atoms with Crippen molar-refractivity contribution in [3.63, 3.8) is 0 Å². The van der Waals surface area contributed by atoms with Gasteiger partial charge in [-0.1, -0.05) is 48.0 Å². The molecule has 2 rings (SSSR count). The molecule has 0 aliphatic carbocycles. The van der Waals surface area contributed by atoms with E-state index in [1.54, 1.807) is 0 Å². The quantitative estimate of drug-likeness (QED) is 0.887. The van der Waals surface area contributed by atoms with Gasteiger partial charge in [0.15, 0.2) is 0 Å². The third-order valence-corrected chi connectivity index (χ3v) is 4.45. The van der Waals surface area contributed by atoms with Crippen molar-refractivity contribution >= 4 is 15.9 Å². The van der Waals surface area contributed by atoms with Gasteiger partial charge in [-0.25, -0.2) is 0 Å². The third-order valence-electron chi connectivity index (χ3n) is 3.68. The number of hydrogen-bond acceptors (Lipinski definition) is 1. The van der Waals surface area contributed by atoms with Gasteiger partial charge in [0.1, 0.15) is 0 Å². The van der Waals surface area contributed by atoms with E-state index in [0.29, 0.717) is 5.41 Å². The highest BCUT2D eigenvalue weighted by atomic mass is 79.9. The van der Waals surface area contributed by atoms with Crippen LogP contribution in [0.5, 0.6) is 0 Å². The van der Waals surface area contributed by atoms with Crippen molar-refractivity contribution in [1.82, 2.24) is 5.32 Å². The lowest BCUT2D eigenvalue weighted by atomic mass is 9.68. The molecule has 15 heavy (non-hydrogen) atoms. The van der Waals surface area contributed by atoms with Gasteiger partial charge in [-0.3, -0.25) is 0 Å². The molecule has 1 aromatic carbocycles. The first kappa shape index (κ1) is 11.2. The van der Waals surface area contributed by atoms with Crippen molar-refractivity contribution in [2.75, 3.05) is 13.1 Å². The van der Waals surface area contributed by atoms with E-state index in [1.165, 1.54) is 16.5 Å². The van der Waals surface area contributed by atoms with Gasteiger partial charge < -0.3 is 5.32 Å². The maximum absolute atomic E-state index is 3.63. The lowest BCUT2D eigenvalue weighted by Gasteiger charge is -2.46. The molecular weight excluding hydrogens is 250 g/mol. The molecule has 0 spiro atoms. The fraction of sp³-hybridized carbons (Fsp3) is 0.538. The van der Waals surface area contributed by atoms with Gasteiger partial charge in [0.05, 0.1) is 0 Å². The van der Waals surface area contributed by atoms with Crippen LogP contribution in [0.25, 0.3) is 0 Å². The predicted molar refractivity (Wildman–Crippen MR) is 68.0 cm³/mol. The van der Waals surface area contributed by atoms with E-state index in [9.17, 15) is 0 Å². The van der Waals surface area contributed by atoms with Gasteiger partial charge in [-0.05, 0) is 24.0 Å². The molecule has 0 saturated carbocycles. The number of rotatable bonds is 3. The van der Waals surface area contributed by atoms with E-state index in [0.717, 1.165) is 19.0 Å². The number of nitrogens with one attached hydrogen (secondary N) is 1. The highest BCUT2D eigenvalue weighted by Crippen LogP contribution is 2.37. The number of halogens is 1. The molecule has 1 nitrogen and oxygen atoms in total. The van der Waals surface area contributed by atoms with E-state index < -0.39 is 0 Å². The Labute approximate surface area is 100 Å². The smallest absolute Gasteiger partial charge is 0.0207 e. The lowest BCUT2D eigenvalue weighted by Crippen LogP contribution is -2.57. The Bertz CT molecular complexity index is 342. The molecule has 0 radical (unpaired) electrons. The van der Waals surface area contributed by atoms with Crippen LogP contribution in [0.4, 0.5) is 0 Å². The normalized spacial score (nSPS) is 18.9. The van der Waals surface area contributed by atoms with Crippen molar-refractivity contribution in [2.24, 2.45) is 11.3 Å². The minimum absolute atomic E-state index is 0.476. The van der Waals surface area contributed by atoms with Gasteiger partial charge in [0.2, 0.25) is 0 Å². The second-order valence-corrected chi connectivity index (χ2v) is 5.74. The average molecular weight is 268 g/mol. The van der Waals surface area contributed by atoms with Gasteiger partial charge in [-0.15, -0.1) is 0 Å². The van der Waals surface area contributed by atoms with Gasteiger partial charge in [0.25, 0.3) is 0 Å². The van der Waals surface area contributed by atoms with Crippen LogP contribution >= 0.6 is 15.9 Å². The molecule has 0 amide bonds. The maximum atomic E-state index is 3.63. The summed E-state index contributed by atoms with van der Waals surface area (Å²) in [5, 5.41) is 3.41. The molecule has 0 atom stereocenters. The van der Waals surface area contributed by atoms with Crippen LogP contribution in [0, 0.1) is 11.3 Å². The third kappa shape index (κ3) is 2.11. The van der Waals surface area contributed by atoms with E-state index in [-0.39, 0.29) is 0 Å². The largest absolute Gasteiger partial charge is 0.315 e. The fourth-order valence-corrected chi connectivity index (χ4v) is 2.63. The van der Waals surface area contributed by atoms with E-state index in [4.69, 9.17) is 0 Å². The first-order valence-electron chi connectivity index (χ1n) is 5.58. The van der Waals surface area contributed by atoms with Crippen molar-refractivity contribution in [3.8, 4) is 0 Å². The van der Waals surface area contributed by atoms with E-state index in [2.05, 4.69) is 59.4 Å². The Morgan fingerprint density at radius 3 is 2.47 bits per heavy atom. The summed E-state index contributed by atoms with van der Waals surface area (Å²) in [6, 6.07) is 8.57. The molecule has 82 valence electrons. The monoisotopic (exact) mass is 267 g/mol. The summed E-state index contributed by atoms with van der Waals surface area (Å²) in [6.07, 6.45) is 1.18. The fourth-order valence-electron chi connectivity index (χ4n) is 2.20. The molecule has 1 aromatic rings. The molecule has 1 aliphatic heterocycles. The van der Waals surface area contributed by atoms with Crippen LogP contribution in [0.15, 0.2) is 28.7 Å². The topological polar surface area (TPSA) is 12.0 Å². The molecule has 1 fully saturated rings. The predicted octanol–water partition coefficient (Wildman–Crippen LogP) is 3.24. The molecule has 1 aliphatic rings. The highest BCUT2D eigenvalue weighted by Gasteiger charge is 2.39. The Morgan fingerprint density at radius 1 is 1.33 bits per heavy atom. The average Bonchev–Trinajstić information content (AvgIpc) is 2.13. The Morgan fingerprint density at radius 2 is 2.00 bits per heavy atom. The second-order valence-electron chi connectivity index (χ2n) is 4.89. The molecule has 1 saturated heterocycles. The first-order chi connectivity index (χ1) is 7.14.